The molecule has 3 fully saturated rings. The van der Waals surface area contributed by atoms with Crippen LogP contribution in [0.5, 0.6) is 5.88 Å². The largest absolute Gasteiger partial charge is 0.476 e. The Labute approximate surface area is 165 Å². The van der Waals surface area contributed by atoms with Crippen LogP contribution < -0.4 is 15.4 Å². The molecule has 3 aliphatic heterocycles. The van der Waals surface area contributed by atoms with Gasteiger partial charge in [0.2, 0.25) is 11.8 Å². The lowest BCUT2D eigenvalue weighted by Crippen LogP contribution is -2.55. The number of rotatable bonds is 4. The van der Waals surface area contributed by atoms with Crippen molar-refractivity contribution < 1.29 is 14.3 Å². The molecule has 1 aromatic heterocycles. The quantitative estimate of drug-likeness (QED) is 0.807. The molecule has 0 atom stereocenters. The summed E-state index contributed by atoms with van der Waals surface area (Å²) in [6, 6.07) is 2.08. The monoisotopic (exact) mass is 387 g/mol. The molecule has 1 aromatic rings. The van der Waals surface area contributed by atoms with E-state index in [2.05, 4.69) is 20.6 Å². The minimum Gasteiger partial charge on any atom is -0.476 e. The summed E-state index contributed by atoms with van der Waals surface area (Å²) in [5.74, 6) is 0.774. The predicted octanol–water partition coefficient (Wildman–Crippen LogP) is 1.06. The molecule has 28 heavy (non-hydrogen) atoms. The van der Waals surface area contributed by atoms with Crippen LogP contribution in [0, 0.1) is 0 Å². The molecular formula is C20H29N5O3. The summed E-state index contributed by atoms with van der Waals surface area (Å²) in [5.41, 5.74) is 0.195. The zero-order valence-corrected chi connectivity index (χ0v) is 16.3. The molecule has 0 radical (unpaired) electrons. The van der Waals surface area contributed by atoms with Crippen molar-refractivity contribution >= 4 is 11.8 Å². The van der Waals surface area contributed by atoms with Gasteiger partial charge in [0.1, 0.15) is 12.1 Å². The van der Waals surface area contributed by atoms with Gasteiger partial charge in [-0.25, -0.2) is 4.68 Å². The Morgan fingerprint density at radius 2 is 1.71 bits per heavy atom. The Morgan fingerprint density at radius 1 is 1.04 bits per heavy atom. The summed E-state index contributed by atoms with van der Waals surface area (Å²) in [5, 5.41) is 10.7. The molecule has 8 heteroatoms. The summed E-state index contributed by atoms with van der Waals surface area (Å²) in [4.78, 5) is 27.8. The molecule has 4 aliphatic rings. The standard InChI is InChI=1S/C20H29N5O3/c26-18(16-13-17-25(23-16)11-12-28-17)21-14-3-5-15(6-4-14)22-19(27)20-7-1-9-24(20)10-2-8-20/h13-15H,1-12H2,(H,21,26)(H,22,27). The van der Waals surface area contributed by atoms with Crippen molar-refractivity contribution in [3.05, 3.63) is 11.8 Å². The Morgan fingerprint density at radius 3 is 2.39 bits per heavy atom. The van der Waals surface area contributed by atoms with Crippen molar-refractivity contribution in [1.29, 1.82) is 0 Å². The van der Waals surface area contributed by atoms with Gasteiger partial charge in [-0.15, -0.1) is 0 Å². The smallest absolute Gasteiger partial charge is 0.272 e. The van der Waals surface area contributed by atoms with E-state index in [-0.39, 0.29) is 29.4 Å². The molecule has 0 unspecified atom stereocenters. The SMILES string of the molecule is O=C(NC1CCC(NC(=O)C23CCCN2CCC3)CC1)c1cc2n(n1)CCO2. The Bertz CT molecular complexity index is 736. The van der Waals surface area contributed by atoms with Crippen LogP contribution in [0.4, 0.5) is 0 Å². The van der Waals surface area contributed by atoms with Crippen molar-refractivity contribution in [3.63, 3.8) is 0 Å². The summed E-state index contributed by atoms with van der Waals surface area (Å²) in [6.45, 7) is 3.45. The van der Waals surface area contributed by atoms with Crippen molar-refractivity contribution in [2.45, 2.75) is 75.5 Å². The zero-order chi connectivity index (χ0) is 19.1. The van der Waals surface area contributed by atoms with E-state index in [1.54, 1.807) is 10.7 Å². The molecule has 2 amide bonds. The third-order valence-electron chi connectivity index (χ3n) is 6.99. The number of nitrogens with one attached hydrogen (secondary N) is 2. The molecule has 1 aliphatic carbocycles. The van der Waals surface area contributed by atoms with Gasteiger partial charge in [0, 0.05) is 18.2 Å². The maximum Gasteiger partial charge on any atom is 0.272 e. The number of nitrogens with zero attached hydrogens (tertiary/aromatic N) is 3. The van der Waals surface area contributed by atoms with Gasteiger partial charge in [-0.05, 0) is 64.5 Å². The minimum atomic E-state index is -0.228. The molecular weight excluding hydrogens is 358 g/mol. The van der Waals surface area contributed by atoms with Crippen molar-refractivity contribution in [1.82, 2.24) is 25.3 Å². The van der Waals surface area contributed by atoms with Crippen LogP contribution in [0.15, 0.2) is 6.07 Å². The number of carbonyl (C=O) groups excluding carboxylic acids is 2. The van der Waals surface area contributed by atoms with Gasteiger partial charge in [0.25, 0.3) is 5.91 Å². The van der Waals surface area contributed by atoms with E-state index in [0.717, 1.165) is 64.5 Å². The number of aromatic nitrogens is 2. The Kier molecular flexibility index (Phi) is 4.53. The van der Waals surface area contributed by atoms with Crippen LogP contribution in [-0.2, 0) is 11.3 Å². The normalized spacial score (nSPS) is 28.4. The summed E-state index contributed by atoms with van der Waals surface area (Å²) < 4.78 is 7.15. The van der Waals surface area contributed by atoms with Crippen molar-refractivity contribution in [2.75, 3.05) is 19.7 Å². The summed E-state index contributed by atoms with van der Waals surface area (Å²) >= 11 is 0. The second-order valence-electron chi connectivity index (χ2n) is 8.66. The lowest BCUT2D eigenvalue weighted by atomic mass is 9.88. The van der Waals surface area contributed by atoms with E-state index < -0.39 is 0 Å². The number of carbonyl (C=O) groups is 2. The third-order valence-corrected chi connectivity index (χ3v) is 6.99. The van der Waals surface area contributed by atoms with E-state index in [0.29, 0.717) is 24.7 Å². The molecule has 1 saturated carbocycles. The highest BCUT2D eigenvalue weighted by atomic mass is 16.5. The van der Waals surface area contributed by atoms with Gasteiger partial charge in [0.05, 0.1) is 6.54 Å². The van der Waals surface area contributed by atoms with E-state index in [4.69, 9.17) is 4.74 Å². The van der Waals surface area contributed by atoms with E-state index in [1.807, 2.05) is 0 Å². The molecule has 8 nitrogen and oxygen atoms in total. The highest BCUT2D eigenvalue weighted by Crippen LogP contribution is 2.39. The lowest BCUT2D eigenvalue weighted by molar-refractivity contribution is -0.131. The van der Waals surface area contributed by atoms with Gasteiger partial charge < -0.3 is 15.4 Å². The van der Waals surface area contributed by atoms with Crippen LogP contribution >= 0.6 is 0 Å². The van der Waals surface area contributed by atoms with Gasteiger partial charge in [-0.3, -0.25) is 14.5 Å². The van der Waals surface area contributed by atoms with Crippen molar-refractivity contribution in [2.24, 2.45) is 0 Å². The first-order chi connectivity index (χ1) is 13.6. The van der Waals surface area contributed by atoms with Crippen LogP contribution in [0.1, 0.15) is 61.9 Å². The summed E-state index contributed by atoms with van der Waals surface area (Å²) in [6.07, 6.45) is 7.87. The number of hydrogen-bond donors (Lipinski definition) is 2. The number of ether oxygens (including phenoxy) is 1. The predicted molar refractivity (Wildman–Crippen MR) is 102 cm³/mol. The van der Waals surface area contributed by atoms with Crippen LogP contribution in [0.3, 0.4) is 0 Å². The van der Waals surface area contributed by atoms with E-state index in [9.17, 15) is 9.59 Å². The molecule has 4 heterocycles. The second kappa shape index (κ2) is 7.06. The first kappa shape index (κ1) is 18.0. The van der Waals surface area contributed by atoms with Crippen LogP contribution in [-0.4, -0.2) is 63.8 Å². The maximum atomic E-state index is 13.0. The average molecular weight is 387 g/mol. The zero-order valence-electron chi connectivity index (χ0n) is 16.3. The number of fused-ring (bicyclic) bond motifs is 2. The van der Waals surface area contributed by atoms with E-state index >= 15 is 0 Å². The molecule has 0 bridgehead atoms. The molecule has 152 valence electrons. The average Bonchev–Trinajstić information content (AvgIpc) is 3.42. The molecule has 2 saturated heterocycles. The Balaban J connectivity index is 1.11. The Hall–Kier alpha value is -2.09. The van der Waals surface area contributed by atoms with Gasteiger partial charge in [-0.1, -0.05) is 0 Å². The fraction of sp³-hybridized carbons (Fsp3) is 0.750. The van der Waals surface area contributed by atoms with Gasteiger partial charge in [-0.2, -0.15) is 5.10 Å². The highest BCUT2D eigenvalue weighted by molar-refractivity contribution is 5.92. The minimum absolute atomic E-state index is 0.135. The third kappa shape index (κ3) is 3.07. The fourth-order valence-corrected chi connectivity index (χ4v) is 5.46. The van der Waals surface area contributed by atoms with Crippen LogP contribution in [0.25, 0.3) is 0 Å². The summed E-state index contributed by atoms with van der Waals surface area (Å²) in [7, 11) is 0. The van der Waals surface area contributed by atoms with Gasteiger partial charge >= 0.3 is 0 Å². The molecule has 0 spiro atoms. The molecule has 5 rings (SSSR count). The first-order valence-corrected chi connectivity index (χ1v) is 10.7. The first-order valence-electron chi connectivity index (χ1n) is 10.7. The van der Waals surface area contributed by atoms with Crippen molar-refractivity contribution in [3.8, 4) is 5.88 Å². The van der Waals surface area contributed by atoms with Gasteiger partial charge in [0.15, 0.2) is 5.69 Å². The lowest BCUT2D eigenvalue weighted by Gasteiger charge is -2.35. The van der Waals surface area contributed by atoms with Crippen LogP contribution in [0.2, 0.25) is 0 Å². The molecule has 2 N–H and O–H groups in total. The highest BCUT2D eigenvalue weighted by Gasteiger charge is 2.50. The van der Waals surface area contributed by atoms with E-state index in [1.165, 1.54) is 0 Å². The maximum absolute atomic E-state index is 13.0. The number of amides is 2. The molecule has 0 aromatic carbocycles. The fourth-order valence-electron chi connectivity index (χ4n) is 5.46. The second-order valence-corrected chi connectivity index (χ2v) is 8.66. The topological polar surface area (TPSA) is 88.5 Å². The number of hydrogen-bond acceptors (Lipinski definition) is 5.